The summed E-state index contributed by atoms with van der Waals surface area (Å²) >= 11 is 12.1. The molecule has 0 saturated heterocycles. The Balaban J connectivity index is 2.08. The topological polar surface area (TPSA) is 125 Å². The first-order valence-corrected chi connectivity index (χ1v) is 9.60. The van der Waals surface area contributed by atoms with Gasteiger partial charge in [0.2, 0.25) is 0 Å². The molecule has 0 aliphatic carbocycles. The van der Waals surface area contributed by atoms with Gasteiger partial charge in [0, 0.05) is 0 Å². The third-order valence-corrected chi connectivity index (χ3v) is 5.31. The van der Waals surface area contributed by atoms with E-state index in [1.807, 2.05) is 0 Å². The summed E-state index contributed by atoms with van der Waals surface area (Å²) in [6.07, 6.45) is 0. The highest BCUT2D eigenvalue weighted by molar-refractivity contribution is 6.42. The molecule has 0 radical (unpaired) electrons. The van der Waals surface area contributed by atoms with Crippen molar-refractivity contribution in [2.75, 3.05) is 14.2 Å². The first-order valence-electron chi connectivity index (χ1n) is 8.85. The number of carbonyl (C=O) groups is 1. The molecule has 158 valence electrons. The Kier molecular flexibility index (Phi) is 5.30. The number of halogens is 2. The molecule has 3 N–H and O–H groups in total. The van der Waals surface area contributed by atoms with Crippen molar-refractivity contribution in [3.05, 3.63) is 62.6 Å². The van der Waals surface area contributed by atoms with Gasteiger partial charge in [-0.05, 0) is 30.3 Å². The summed E-state index contributed by atoms with van der Waals surface area (Å²) in [5, 5.41) is 0.576. The fourth-order valence-electron chi connectivity index (χ4n) is 3.21. The van der Waals surface area contributed by atoms with Crippen LogP contribution in [-0.4, -0.2) is 39.6 Å². The number of benzene rings is 2. The second-order valence-electron chi connectivity index (χ2n) is 6.36. The van der Waals surface area contributed by atoms with Crippen LogP contribution in [-0.2, 0) is 0 Å². The fourth-order valence-corrected chi connectivity index (χ4v) is 3.50. The number of primary amides is 1. The number of rotatable bonds is 5. The van der Waals surface area contributed by atoms with Gasteiger partial charge in [0.1, 0.15) is 5.52 Å². The van der Waals surface area contributed by atoms with Crippen LogP contribution >= 0.6 is 23.2 Å². The second kappa shape index (κ2) is 7.93. The van der Waals surface area contributed by atoms with E-state index in [0.717, 1.165) is 0 Å². The molecule has 1 amide bonds. The fraction of sp³-hybridized carbons (Fsp3) is 0.100. The van der Waals surface area contributed by atoms with Crippen molar-refractivity contribution >= 4 is 40.3 Å². The van der Waals surface area contributed by atoms with Crippen LogP contribution in [0.2, 0.25) is 10.0 Å². The second-order valence-corrected chi connectivity index (χ2v) is 7.18. The molecule has 4 aromatic rings. The molecule has 0 bridgehead atoms. The molecule has 0 spiro atoms. The average molecular weight is 460 g/mol. The van der Waals surface area contributed by atoms with Crippen molar-refractivity contribution in [1.82, 2.24) is 19.5 Å². The highest BCUT2D eigenvalue weighted by Crippen LogP contribution is 2.37. The van der Waals surface area contributed by atoms with Crippen LogP contribution in [0.1, 0.15) is 10.5 Å². The van der Waals surface area contributed by atoms with Gasteiger partial charge in [-0.25, -0.2) is 19.3 Å². The SMILES string of the molecule is COc1cccc(-c2nc(C(N)=O)c3[nH]c(=O)n(-c4ccc(Cl)c(Cl)c4)c3n2)c1OC. The Morgan fingerprint density at radius 3 is 2.52 bits per heavy atom. The number of H-pyrrole nitrogens is 1. The molecular weight excluding hydrogens is 445 g/mol. The van der Waals surface area contributed by atoms with E-state index in [9.17, 15) is 9.59 Å². The quantitative estimate of drug-likeness (QED) is 0.471. The minimum atomic E-state index is -0.835. The summed E-state index contributed by atoms with van der Waals surface area (Å²) in [5.74, 6) is 0.0851. The number of methoxy groups -OCH3 is 2. The molecule has 9 nitrogen and oxygen atoms in total. The normalized spacial score (nSPS) is 11.0. The highest BCUT2D eigenvalue weighted by atomic mass is 35.5. The van der Waals surface area contributed by atoms with Crippen molar-refractivity contribution < 1.29 is 14.3 Å². The smallest absolute Gasteiger partial charge is 0.332 e. The van der Waals surface area contributed by atoms with Crippen LogP contribution in [0, 0.1) is 0 Å². The van der Waals surface area contributed by atoms with Gasteiger partial charge < -0.3 is 20.2 Å². The lowest BCUT2D eigenvalue weighted by molar-refractivity contribution is 0.0997. The monoisotopic (exact) mass is 459 g/mol. The van der Waals surface area contributed by atoms with Crippen molar-refractivity contribution in [2.45, 2.75) is 0 Å². The number of aromatic nitrogens is 4. The Bertz CT molecular complexity index is 1400. The predicted molar refractivity (Wildman–Crippen MR) is 117 cm³/mol. The number of imidazole rings is 1. The zero-order valence-corrected chi connectivity index (χ0v) is 17.8. The van der Waals surface area contributed by atoms with Crippen LogP contribution in [0.25, 0.3) is 28.2 Å². The minimum Gasteiger partial charge on any atom is -0.493 e. The van der Waals surface area contributed by atoms with Crippen molar-refractivity contribution in [1.29, 1.82) is 0 Å². The number of hydrogen-bond donors (Lipinski definition) is 2. The predicted octanol–water partition coefficient (Wildman–Crippen LogP) is 3.20. The Morgan fingerprint density at radius 1 is 1.10 bits per heavy atom. The number of nitrogens with two attached hydrogens (primary N) is 1. The lowest BCUT2D eigenvalue weighted by Crippen LogP contribution is -2.15. The molecule has 2 heterocycles. The van der Waals surface area contributed by atoms with E-state index in [4.69, 9.17) is 38.4 Å². The maximum Gasteiger partial charge on any atom is 0.332 e. The number of carbonyl (C=O) groups excluding carboxylic acids is 1. The third kappa shape index (κ3) is 3.47. The Hall–Kier alpha value is -3.56. The summed E-state index contributed by atoms with van der Waals surface area (Å²) in [7, 11) is 2.96. The van der Waals surface area contributed by atoms with E-state index in [1.54, 1.807) is 30.3 Å². The maximum absolute atomic E-state index is 12.7. The van der Waals surface area contributed by atoms with Crippen LogP contribution in [0.15, 0.2) is 41.2 Å². The van der Waals surface area contributed by atoms with Crippen LogP contribution in [0.3, 0.4) is 0 Å². The minimum absolute atomic E-state index is 0.0918. The number of aromatic amines is 1. The largest absolute Gasteiger partial charge is 0.493 e. The van der Waals surface area contributed by atoms with Crippen LogP contribution in [0.5, 0.6) is 11.5 Å². The van der Waals surface area contributed by atoms with E-state index in [-0.39, 0.29) is 27.7 Å². The number of amides is 1. The van der Waals surface area contributed by atoms with Crippen LogP contribution < -0.4 is 20.9 Å². The van der Waals surface area contributed by atoms with Gasteiger partial charge in [-0.1, -0.05) is 29.3 Å². The molecule has 11 heteroatoms. The van der Waals surface area contributed by atoms with Crippen molar-refractivity contribution in [3.63, 3.8) is 0 Å². The van der Waals surface area contributed by atoms with E-state index < -0.39 is 11.6 Å². The van der Waals surface area contributed by atoms with Gasteiger partial charge in [-0.15, -0.1) is 0 Å². The number of nitrogens with one attached hydrogen (secondary N) is 1. The average Bonchev–Trinajstić information content (AvgIpc) is 3.09. The first kappa shape index (κ1) is 20.7. The van der Waals surface area contributed by atoms with Gasteiger partial charge in [0.25, 0.3) is 5.91 Å². The molecule has 31 heavy (non-hydrogen) atoms. The summed E-state index contributed by atoms with van der Waals surface area (Å²) in [5.41, 5.74) is 5.89. The Labute approximate surface area is 185 Å². The van der Waals surface area contributed by atoms with Crippen molar-refractivity contribution in [3.8, 4) is 28.6 Å². The zero-order valence-electron chi connectivity index (χ0n) is 16.3. The summed E-state index contributed by atoms with van der Waals surface area (Å²) in [4.78, 5) is 36.3. The summed E-state index contributed by atoms with van der Waals surface area (Å²) < 4.78 is 12.0. The van der Waals surface area contributed by atoms with E-state index >= 15 is 0 Å². The number of hydrogen-bond acceptors (Lipinski definition) is 6. The van der Waals surface area contributed by atoms with E-state index in [1.165, 1.54) is 24.9 Å². The lowest BCUT2D eigenvalue weighted by Gasteiger charge is -2.12. The number of nitrogens with zero attached hydrogens (tertiary/aromatic N) is 3. The van der Waals surface area contributed by atoms with Gasteiger partial charge in [0.15, 0.2) is 28.7 Å². The van der Waals surface area contributed by atoms with Crippen molar-refractivity contribution in [2.24, 2.45) is 5.73 Å². The number of fused-ring (bicyclic) bond motifs is 1. The van der Waals surface area contributed by atoms with Gasteiger partial charge in [-0.2, -0.15) is 0 Å². The highest BCUT2D eigenvalue weighted by Gasteiger charge is 2.22. The molecule has 0 aliphatic rings. The standard InChI is InChI=1S/C20H15Cl2N5O4/c1-30-13-5-3-4-10(16(13)31-2)18-24-14(17(23)28)15-19(26-18)27(20(29)25-15)9-6-7-11(21)12(22)8-9/h3-8H,1-2H3,(H2,23,28)(H,25,29). The number of ether oxygens (including phenoxy) is 2. The third-order valence-electron chi connectivity index (χ3n) is 4.58. The molecule has 4 rings (SSSR count). The molecule has 0 fully saturated rings. The van der Waals surface area contributed by atoms with Crippen LogP contribution in [0.4, 0.5) is 0 Å². The first-order chi connectivity index (χ1) is 14.8. The molecule has 2 aromatic heterocycles. The van der Waals surface area contributed by atoms with Gasteiger partial charge in [-0.3, -0.25) is 4.79 Å². The summed E-state index contributed by atoms with van der Waals surface area (Å²) in [6.45, 7) is 0. The molecular formula is C20H15Cl2N5O4. The summed E-state index contributed by atoms with van der Waals surface area (Å²) in [6, 6.07) is 9.78. The zero-order chi connectivity index (χ0) is 22.3. The van der Waals surface area contributed by atoms with Gasteiger partial charge in [0.05, 0.1) is 35.5 Å². The molecule has 0 atom stereocenters. The van der Waals surface area contributed by atoms with E-state index in [2.05, 4.69) is 15.0 Å². The number of para-hydroxylation sites is 1. The molecule has 2 aromatic carbocycles. The molecule has 0 unspecified atom stereocenters. The maximum atomic E-state index is 12.7. The van der Waals surface area contributed by atoms with E-state index in [0.29, 0.717) is 27.8 Å². The molecule has 0 aliphatic heterocycles. The molecule has 0 saturated carbocycles. The lowest BCUT2D eigenvalue weighted by atomic mass is 10.1. The Morgan fingerprint density at radius 2 is 1.87 bits per heavy atom. The van der Waals surface area contributed by atoms with Gasteiger partial charge >= 0.3 is 5.69 Å².